The van der Waals surface area contributed by atoms with Crippen LogP contribution in [0.25, 0.3) is 0 Å². The minimum Gasteiger partial charge on any atom is -0.481 e. The number of amides is 1. The number of likely N-dealkylation sites (tertiary alicyclic amines) is 1. The van der Waals surface area contributed by atoms with Gasteiger partial charge in [0.05, 0.1) is 5.41 Å². The molecule has 1 amide bonds. The quantitative estimate of drug-likeness (QED) is 0.726. The maximum Gasteiger partial charge on any atom is 0.314 e. The van der Waals surface area contributed by atoms with E-state index in [2.05, 4.69) is 12.1 Å². The average molecular weight is 426 g/mol. The SMILES string of the molecule is O=C(C1CCC(c2ccc(Cl)cc2)CC1)N1CCC(C(=O)O)(c2ccccc2)CC1. The smallest absolute Gasteiger partial charge is 0.314 e. The molecule has 0 atom stereocenters. The molecule has 1 aliphatic carbocycles. The Morgan fingerprint density at radius 3 is 2.07 bits per heavy atom. The maximum atomic E-state index is 13.1. The second kappa shape index (κ2) is 8.81. The van der Waals surface area contributed by atoms with Gasteiger partial charge in [-0.25, -0.2) is 0 Å². The molecule has 30 heavy (non-hydrogen) atoms. The number of hydrogen-bond acceptors (Lipinski definition) is 2. The fraction of sp³-hybridized carbons (Fsp3) is 0.440. The van der Waals surface area contributed by atoms with Crippen molar-refractivity contribution in [2.45, 2.75) is 49.9 Å². The number of carbonyl (C=O) groups is 2. The molecule has 2 fully saturated rings. The summed E-state index contributed by atoms with van der Waals surface area (Å²) in [5, 5.41) is 10.7. The van der Waals surface area contributed by atoms with Crippen LogP contribution < -0.4 is 0 Å². The van der Waals surface area contributed by atoms with E-state index in [-0.39, 0.29) is 11.8 Å². The Kier molecular flexibility index (Phi) is 6.14. The number of nitrogens with zero attached hydrogens (tertiary/aromatic N) is 1. The van der Waals surface area contributed by atoms with E-state index in [0.29, 0.717) is 31.8 Å². The summed E-state index contributed by atoms with van der Waals surface area (Å²) < 4.78 is 0. The van der Waals surface area contributed by atoms with Crippen LogP contribution in [0.2, 0.25) is 5.02 Å². The van der Waals surface area contributed by atoms with E-state index in [9.17, 15) is 14.7 Å². The van der Waals surface area contributed by atoms with Crippen molar-refractivity contribution < 1.29 is 14.7 Å². The number of halogens is 1. The van der Waals surface area contributed by atoms with E-state index >= 15 is 0 Å². The van der Waals surface area contributed by atoms with Crippen LogP contribution in [0.3, 0.4) is 0 Å². The van der Waals surface area contributed by atoms with Crippen molar-refractivity contribution in [2.24, 2.45) is 5.92 Å². The first-order valence-electron chi connectivity index (χ1n) is 10.8. The highest BCUT2D eigenvalue weighted by Gasteiger charge is 2.44. The van der Waals surface area contributed by atoms with Crippen molar-refractivity contribution in [1.82, 2.24) is 4.90 Å². The van der Waals surface area contributed by atoms with Crippen molar-refractivity contribution in [3.63, 3.8) is 0 Å². The normalized spacial score (nSPS) is 23.7. The molecule has 5 heteroatoms. The molecule has 0 bridgehead atoms. The molecule has 158 valence electrons. The minimum absolute atomic E-state index is 0.0580. The molecule has 0 spiro atoms. The molecule has 1 heterocycles. The van der Waals surface area contributed by atoms with Crippen molar-refractivity contribution in [1.29, 1.82) is 0 Å². The Morgan fingerprint density at radius 2 is 1.50 bits per heavy atom. The van der Waals surface area contributed by atoms with E-state index in [0.717, 1.165) is 36.3 Å². The zero-order chi connectivity index (χ0) is 21.1. The Bertz CT molecular complexity index is 880. The highest BCUT2D eigenvalue weighted by Crippen LogP contribution is 2.39. The second-order valence-electron chi connectivity index (χ2n) is 8.68. The molecule has 2 aromatic carbocycles. The average Bonchev–Trinajstić information content (AvgIpc) is 2.80. The third-order valence-corrected chi connectivity index (χ3v) is 7.33. The topological polar surface area (TPSA) is 57.6 Å². The van der Waals surface area contributed by atoms with Gasteiger partial charge in [-0.1, -0.05) is 54.1 Å². The fourth-order valence-corrected chi connectivity index (χ4v) is 5.28. The highest BCUT2D eigenvalue weighted by atomic mass is 35.5. The van der Waals surface area contributed by atoms with Crippen molar-refractivity contribution in [3.8, 4) is 0 Å². The van der Waals surface area contributed by atoms with E-state index in [1.165, 1.54) is 5.56 Å². The predicted molar refractivity (Wildman–Crippen MR) is 118 cm³/mol. The fourth-order valence-electron chi connectivity index (χ4n) is 5.16. The van der Waals surface area contributed by atoms with E-state index in [1.807, 2.05) is 47.4 Å². The summed E-state index contributed by atoms with van der Waals surface area (Å²) in [6.45, 7) is 1.02. The lowest BCUT2D eigenvalue weighted by Crippen LogP contribution is -2.50. The highest BCUT2D eigenvalue weighted by molar-refractivity contribution is 6.30. The third kappa shape index (κ3) is 4.11. The summed E-state index contributed by atoms with van der Waals surface area (Å²) in [5.41, 5.74) is 1.26. The monoisotopic (exact) mass is 425 g/mol. The van der Waals surface area contributed by atoms with E-state index < -0.39 is 11.4 Å². The lowest BCUT2D eigenvalue weighted by molar-refractivity contribution is -0.149. The van der Waals surface area contributed by atoms with E-state index in [4.69, 9.17) is 11.6 Å². The van der Waals surface area contributed by atoms with Gasteiger partial charge in [0, 0.05) is 24.0 Å². The van der Waals surface area contributed by atoms with Crippen LogP contribution in [-0.4, -0.2) is 35.0 Å². The van der Waals surface area contributed by atoms with Crippen LogP contribution in [0.15, 0.2) is 54.6 Å². The molecule has 2 aromatic rings. The Hall–Kier alpha value is -2.33. The predicted octanol–water partition coefficient (Wildman–Crippen LogP) is 5.26. The molecule has 0 unspecified atom stereocenters. The van der Waals surface area contributed by atoms with Crippen LogP contribution in [0.5, 0.6) is 0 Å². The Morgan fingerprint density at radius 1 is 0.900 bits per heavy atom. The Labute approximate surface area is 182 Å². The van der Waals surface area contributed by atoms with Crippen molar-refractivity contribution in [3.05, 3.63) is 70.7 Å². The zero-order valence-electron chi connectivity index (χ0n) is 17.1. The van der Waals surface area contributed by atoms with Crippen LogP contribution in [0.1, 0.15) is 55.6 Å². The molecule has 1 aliphatic heterocycles. The first-order valence-corrected chi connectivity index (χ1v) is 11.2. The second-order valence-corrected chi connectivity index (χ2v) is 9.12. The van der Waals surface area contributed by atoms with Crippen molar-refractivity contribution in [2.75, 3.05) is 13.1 Å². The standard InChI is InChI=1S/C25H28ClNO3/c26-22-12-10-19(11-13-22)18-6-8-20(9-7-18)23(28)27-16-14-25(15-17-27,24(29)30)21-4-2-1-3-5-21/h1-5,10-13,18,20H,6-9,14-17H2,(H,29,30). The maximum absolute atomic E-state index is 13.1. The minimum atomic E-state index is -0.885. The molecule has 4 rings (SSSR count). The lowest BCUT2D eigenvalue weighted by atomic mass is 9.72. The van der Waals surface area contributed by atoms with Crippen LogP contribution >= 0.6 is 11.6 Å². The van der Waals surface area contributed by atoms with Gasteiger partial charge in [0.25, 0.3) is 0 Å². The van der Waals surface area contributed by atoms with Gasteiger partial charge in [0.15, 0.2) is 0 Å². The molecule has 0 radical (unpaired) electrons. The number of rotatable bonds is 4. The third-order valence-electron chi connectivity index (χ3n) is 7.08. The van der Waals surface area contributed by atoms with Crippen LogP contribution in [-0.2, 0) is 15.0 Å². The number of carbonyl (C=O) groups excluding carboxylic acids is 1. The largest absolute Gasteiger partial charge is 0.481 e. The summed E-state index contributed by atoms with van der Waals surface area (Å²) in [5.74, 6) is -0.0334. The molecule has 1 N–H and O–H groups in total. The summed E-state index contributed by atoms with van der Waals surface area (Å²) in [4.78, 5) is 27.2. The van der Waals surface area contributed by atoms with Gasteiger partial charge < -0.3 is 10.0 Å². The van der Waals surface area contributed by atoms with E-state index in [1.54, 1.807) is 0 Å². The molecular formula is C25H28ClNO3. The molecule has 1 saturated carbocycles. The van der Waals surface area contributed by atoms with Crippen molar-refractivity contribution >= 4 is 23.5 Å². The molecule has 2 aliphatic rings. The lowest BCUT2D eigenvalue weighted by Gasteiger charge is -2.41. The first-order chi connectivity index (χ1) is 14.5. The van der Waals surface area contributed by atoms with Crippen LogP contribution in [0, 0.1) is 5.92 Å². The number of carboxylic acids is 1. The number of benzene rings is 2. The Balaban J connectivity index is 1.36. The summed E-state index contributed by atoms with van der Waals surface area (Å²) in [6.07, 6.45) is 4.75. The molecular weight excluding hydrogens is 398 g/mol. The van der Waals surface area contributed by atoms with Gasteiger partial charge in [0.1, 0.15) is 0 Å². The molecule has 0 aromatic heterocycles. The van der Waals surface area contributed by atoms with Gasteiger partial charge in [-0.05, 0) is 67.7 Å². The zero-order valence-corrected chi connectivity index (χ0v) is 17.9. The van der Waals surface area contributed by atoms with Gasteiger partial charge in [-0.15, -0.1) is 0 Å². The molecule has 1 saturated heterocycles. The van der Waals surface area contributed by atoms with Gasteiger partial charge in [-0.3, -0.25) is 9.59 Å². The van der Waals surface area contributed by atoms with Crippen LogP contribution in [0.4, 0.5) is 0 Å². The van der Waals surface area contributed by atoms with Gasteiger partial charge in [0.2, 0.25) is 5.91 Å². The van der Waals surface area contributed by atoms with Gasteiger partial charge in [-0.2, -0.15) is 0 Å². The number of hydrogen-bond donors (Lipinski definition) is 1. The van der Waals surface area contributed by atoms with Gasteiger partial charge >= 0.3 is 5.97 Å². The number of piperidine rings is 1. The molecule has 4 nitrogen and oxygen atoms in total. The number of aliphatic carboxylic acids is 1. The summed E-state index contributed by atoms with van der Waals surface area (Å²) in [6, 6.07) is 17.5. The number of carboxylic acid groups (broad SMARTS) is 1. The summed E-state index contributed by atoms with van der Waals surface area (Å²) >= 11 is 5.99. The first kappa shape index (κ1) is 20.9. The summed E-state index contributed by atoms with van der Waals surface area (Å²) in [7, 11) is 0.